The molecule has 3 N–H and O–H groups in total. The van der Waals surface area contributed by atoms with Gasteiger partial charge >= 0.3 is 12.0 Å². The Morgan fingerprint density at radius 1 is 1.50 bits per heavy atom. The second-order valence-corrected chi connectivity index (χ2v) is 4.08. The van der Waals surface area contributed by atoms with Gasteiger partial charge in [0.25, 0.3) is 0 Å². The van der Waals surface area contributed by atoms with E-state index in [1.165, 1.54) is 19.2 Å². The maximum Gasteiger partial charge on any atom is 0.339 e. The number of carbonyl (C=O) groups excluding carboxylic acids is 1. The minimum absolute atomic E-state index is 0.0872. The molecule has 0 saturated carbocycles. The van der Waals surface area contributed by atoms with Gasteiger partial charge in [0.1, 0.15) is 11.3 Å². The van der Waals surface area contributed by atoms with Crippen LogP contribution < -0.4 is 15.4 Å². The van der Waals surface area contributed by atoms with Crippen LogP contribution in [0.1, 0.15) is 16.8 Å². The van der Waals surface area contributed by atoms with Gasteiger partial charge in [-0.2, -0.15) is 0 Å². The SMILES string of the molecule is C#CCCNC(=O)Nc1cc(OC)c(C(=O)O)cc1Cl. The van der Waals surface area contributed by atoms with E-state index in [0.717, 1.165) is 0 Å². The van der Waals surface area contributed by atoms with Gasteiger partial charge in [-0.1, -0.05) is 11.6 Å². The Morgan fingerprint density at radius 2 is 2.20 bits per heavy atom. The zero-order valence-corrected chi connectivity index (χ0v) is 11.5. The van der Waals surface area contributed by atoms with Crippen molar-refractivity contribution in [1.29, 1.82) is 0 Å². The number of aromatic carboxylic acids is 1. The first-order valence-electron chi connectivity index (χ1n) is 5.58. The summed E-state index contributed by atoms with van der Waals surface area (Å²) in [4.78, 5) is 22.5. The van der Waals surface area contributed by atoms with Crippen LogP contribution >= 0.6 is 11.6 Å². The lowest BCUT2D eigenvalue weighted by Gasteiger charge is -2.12. The zero-order chi connectivity index (χ0) is 15.1. The summed E-state index contributed by atoms with van der Waals surface area (Å²) in [6.07, 6.45) is 5.46. The number of hydrogen-bond acceptors (Lipinski definition) is 3. The maximum absolute atomic E-state index is 11.6. The fourth-order valence-corrected chi connectivity index (χ4v) is 1.61. The molecule has 0 saturated heterocycles. The van der Waals surface area contributed by atoms with Crippen LogP contribution in [0, 0.1) is 12.3 Å². The van der Waals surface area contributed by atoms with E-state index in [2.05, 4.69) is 16.6 Å². The number of urea groups is 1. The summed E-state index contributed by atoms with van der Waals surface area (Å²) in [6.45, 7) is 0.324. The number of benzene rings is 1. The van der Waals surface area contributed by atoms with Gasteiger partial charge in [-0.25, -0.2) is 9.59 Å². The van der Waals surface area contributed by atoms with Gasteiger partial charge in [-0.05, 0) is 6.07 Å². The van der Waals surface area contributed by atoms with Crippen LogP contribution in [0.25, 0.3) is 0 Å². The summed E-state index contributed by atoms with van der Waals surface area (Å²) in [5.74, 6) is 1.31. The molecule has 7 heteroatoms. The van der Waals surface area contributed by atoms with E-state index < -0.39 is 12.0 Å². The monoisotopic (exact) mass is 296 g/mol. The van der Waals surface area contributed by atoms with Crippen molar-refractivity contribution in [2.75, 3.05) is 19.0 Å². The van der Waals surface area contributed by atoms with Crippen LogP contribution in [-0.4, -0.2) is 30.8 Å². The quantitative estimate of drug-likeness (QED) is 0.574. The Bertz CT molecular complexity index is 566. The molecule has 0 aliphatic heterocycles. The van der Waals surface area contributed by atoms with E-state index in [9.17, 15) is 9.59 Å². The van der Waals surface area contributed by atoms with Crippen LogP contribution in [0.3, 0.4) is 0 Å². The molecule has 2 amide bonds. The van der Waals surface area contributed by atoms with Gasteiger partial charge < -0.3 is 20.5 Å². The summed E-state index contributed by atoms with van der Waals surface area (Å²) in [6, 6.07) is 2.05. The average Bonchev–Trinajstić information content (AvgIpc) is 2.40. The highest BCUT2D eigenvalue weighted by Crippen LogP contribution is 2.30. The molecule has 1 rings (SSSR count). The Kier molecular flexibility index (Phi) is 5.69. The normalized spacial score (nSPS) is 9.45. The molecule has 0 aromatic heterocycles. The van der Waals surface area contributed by atoms with E-state index >= 15 is 0 Å². The number of anilines is 1. The number of terminal acetylenes is 1. The van der Waals surface area contributed by atoms with Crippen LogP contribution in [0.5, 0.6) is 5.75 Å². The van der Waals surface area contributed by atoms with Crippen molar-refractivity contribution in [3.8, 4) is 18.1 Å². The third-order valence-electron chi connectivity index (χ3n) is 2.32. The Morgan fingerprint density at radius 3 is 2.75 bits per heavy atom. The number of hydrogen-bond donors (Lipinski definition) is 3. The molecule has 0 unspecified atom stereocenters. The summed E-state index contributed by atoms with van der Waals surface area (Å²) >= 11 is 5.91. The molecule has 0 aliphatic carbocycles. The molecule has 20 heavy (non-hydrogen) atoms. The van der Waals surface area contributed by atoms with Gasteiger partial charge in [-0.3, -0.25) is 0 Å². The molecular weight excluding hydrogens is 284 g/mol. The summed E-state index contributed by atoms with van der Waals surface area (Å²) in [7, 11) is 1.33. The smallest absolute Gasteiger partial charge is 0.339 e. The van der Waals surface area contributed by atoms with Crippen LogP contribution in [0.15, 0.2) is 12.1 Å². The number of methoxy groups -OCH3 is 1. The molecule has 0 heterocycles. The number of carbonyl (C=O) groups is 2. The fourth-order valence-electron chi connectivity index (χ4n) is 1.40. The molecule has 0 atom stereocenters. The van der Waals surface area contributed by atoms with Crippen molar-refractivity contribution in [2.24, 2.45) is 0 Å². The number of rotatable bonds is 5. The molecule has 106 valence electrons. The second-order valence-electron chi connectivity index (χ2n) is 3.67. The number of carboxylic acid groups (broad SMARTS) is 1. The highest BCUT2D eigenvalue weighted by Gasteiger charge is 2.16. The van der Waals surface area contributed by atoms with Gasteiger partial charge in [0.2, 0.25) is 0 Å². The first-order chi connectivity index (χ1) is 9.49. The zero-order valence-electron chi connectivity index (χ0n) is 10.7. The van der Waals surface area contributed by atoms with Gasteiger partial charge in [0, 0.05) is 19.0 Å². The van der Waals surface area contributed by atoms with E-state index in [1.54, 1.807) is 0 Å². The van der Waals surface area contributed by atoms with E-state index in [4.69, 9.17) is 27.9 Å². The Balaban J connectivity index is 2.89. The summed E-state index contributed by atoms with van der Waals surface area (Å²) in [5.41, 5.74) is 0.155. The van der Waals surface area contributed by atoms with Crippen LogP contribution in [-0.2, 0) is 0 Å². The third-order valence-corrected chi connectivity index (χ3v) is 2.64. The highest BCUT2D eigenvalue weighted by molar-refractivity contribution is 6.34. The third kappa shape index (κ3) is 4.07. The Labute approximate surface area is 121 Å². The lowest BCUT2D eigenvalue weighted by molar-refractivity contribution is 0.0693. The first-order valence-corrected chi connectivity index (χ1v) is 5.96. The predicted octanol–water partition coefficient (Wildman–Crippen LogP) is 2.19. The molecule has 0 bridgehead atoms. The Hall–Kier alpha value is -2.39. The largest absolute Gasteiger partial charge is 0.496 e. The maximum atomic E-state index is 11.6. The van der Waals surface area contributed by atoms with Crippen LogP contribution in [0.2, 0.25) is 5.02 Å². The average molecular weight is 297 g/mol. The lowest BCUT2D eigenvalue weighted by Crippen LogP contribution is -2.29. The molecular formula is C13H13ClN2O4. The molecule has 0 radical (unpaired) electrons. The van der Waals surface area contributed by atoms with E-state index in [-0.39, 0.29) is 22.0 Å². The number of halogens is 1. The molecule has 0 spiro atoms. The van der Waals surface area contributed by atoms with Crippen molar-refractivity contribution in [1.82, 2.24) is 5.32 Å². The number of amides is 2. The predicted molar refractivity (Wildman–Crippen MR) is 75.4 cm³/mol. The fraction of sp³-hybridized carbons (Fsp3) is 0.231. The van der Waals surface area contributed by atoms with Crippen molar-refractivity contribution >= 4 is 29.3 Å². The van der Waals surface area contributed by atoms with Gasteiger partial charge in [-0.15, -0.1) is 12.3 Å². The molecule has 1 aromatic carbocycles. The molecule has 0 fully saturated rings. The van der Waals surface area contributed by atoms with Crippen molar-refractivity contribution in [3.63, 3.8) is 0 Å². The highest BCUT2D eigenvalue weighted by atomic mass is 35.5. The summed E-state index contributed by atoms with van der Waals surface area (Å²) in [5, 5.41) is 14.1. The molecule has 6 nitrogen and oxygen atoms in total. The second kappa shape index (κ2) is 7.26. The van der Waals surface area contributed by atoms with Crippen LogP contribution in [0.4, 0.5) is 10.5 Å². The lowest BCUT2D eigenvalue weighted by atomic mass is 10.2. The minimum atomic E-state index is -1.17. The van der Waals surface area contributed by atoms with Gasteiger partial charge in [0.15, 0.2) is 0 Å². The van der Waals surface area contributed by atoms with Gasteiger partial charge in [0.05, 0.1) is 17.8 Å². The first kappa shape index (κ1) is 15.7. The van der Waals surface area contributed by atoms with Crippen molar-refractivity contribution in [3.05, 3.63) is 22.7 Å². The standard InChI is InChI=1S/C13H13ClN2O4/c1-3-4-5-15-13(19)16-10-7-11(20-2)8(12(17)18)6-9(10)14/h1,6-7H,4-5H2,2H3,(H,17,18)(H2,15,16,19). The van der Waals surface area contributed by atoms with Crippen molar-refractivity contribution in [2.45, 2.75) is 6.42 Å². The molecule has 1 aromatic rings. The topological polar surface area (TPSA) is 87.7 Å². The molecule has 0 aliphatic rings. The van der Waals surface area contributed by atoms with Crippen molar-refractivity contribution < 1.29 is 19.4 Å². The number of nitrogens with one attached hydrogen (secondary N) is 2. The number of ether oxygens (including phenoxy) is 1. The number of carboxylic acids is 1. The summed E-state index contributed by atoms with van der Waals surface area (Å²) < 4.78 is 4.94. The minimum Gasteiger partial charge on any atom is -0.496 e. The van der Waals surface area contributed by atoms with E-state index in [0.29, 0.717) is 13.0 Å². The van der Waals surface area contributed by atoms with E-state index in [1.807, 2.05) is 0 Å².